The van der Waals surface area contributed by atoms with Crippen LogP contribution in [-0.2, 0) is 28.6 Å². The van der Waals surface area contributed by atoms with E-state index in [2.05, 4.69) is 34.6 Å². The van der Waals surface area contributed by atoms with Crippen LogP contribution in [0.3, 0.4) is 0 Å². The maximum absolute atomic E-state index is 12.8. The molecule has 0 aromatic carbocycles. The summed E-state index contributed by atoms with van der Waals surface area (Å²) in [6, 6.07) is 0. The zero-order chi connectivity index (χ0) is 43.3. The van der Waals surface area contributed by atoms with Gasteiger partial charge in [-0.25, -0.2) is 0 Å². The summed E-state index contributed by atoms with van der Waals surface area (Å²) in [4.78, 5) is 37.9. The first-order chi connectivity index (χ1) is 28.7. The van der Waals surface area contributed by atoms with Gasteiger partial charge in [0.15, 0.2) is 6.10 Å². The standard InChI is InChI=1S/C53H102O6/c1-6-7-8-9-10-11-12-13-14-15-16-17-18-19-20-25-28-35-40-45-53(56)59-50(47-58-52(55)44-39-34-30-29-32-37-42-49(4)5)46-57-51(54)43-38-33-27-24-22-21-23-26-31-36-41-48(2)3/h48-50H,6-47H2,1-5H3/t50-/m0/s1. The number of rotatable bonds is 47. The van der Waals surface area contributed by atoms with Crippen LogP contribution in [0.15, 0.2) is 0 Å². The quantitative estimate of drug-likeness (QED) is 0.0345. The smallest absolute Gasteiger partial charge is 0.306 e. The van der Waals surface area contributed by atoms with E-state index in [0.717, 1.165) is 69.6 Å². The minimum Gasteiger partial charge on any atom is -0.462 e. The van der Waals surface area contributed by atoms with E-state index in [1.165, 1.54) is 180 Å². The third kappa shape index (κ3) is 47.3. The lowest BCUT2D eigenvalue weighted by atomic mass is 10.0. The molecule has 350 valence electrons. The second kappa shape index (κ2) is 45.9. The van der Waals surface area contributed by atoms with Crippen LogP contribution in [0.25, 0.3) is 0 Å². The molecule has 0 spiro atoms. The summed E-state index contributed by atoms with van der Waals surface area (Å²) in [6.07, 6.45) is 46.8. The van der Waals surface area contributed by atoms with Crippen LogP contribution < -0.4 is 0 Å². The van der Waals surface area contributed by atoms with Gasteiger partial charge in [-0.2, -0.15) is 0 Å². The Labute approximate surface area is 368 Å². The molecule has 0 saturated heterocycles. The molecule has 1 atom stereocenters. The molecule has 0 aliphatic heterocycles. The van der Waals surface area contributed by atoms with Gasteiger partial charge in [0.1, 0.15) is 13.2 Å². The van der Waals surface area contributed by atoms with Gasteiger partial charge in [0.2, 0.25) is 0 Å². The van der Waals surface area contributed by atoms with Gasteiger partial charge in [-0.05, 0) is 31.1 Å². The molecule has 0 rings (SSSR count). The third-order valence-electron chi connectivity index (χ3n) is 12.0. The number of hydrogen-bond donors (Lipinski definition) is 0. The highest BCUT2D eigenvalue weighted by atomic mass is 16.6. The monoisotopic (exact) mass is 835 g/mol. The van der Waals surface area contributed by atoms with Gasteiger partial charge in [-0.1, -0.05) is 253 Å². The van der Waals surface area contributed by atoms with Crippen LogP contribution in [0.5, 0.6) is 0 Å². The molecular formula is C53H102O6. The molecule has 0 bridgehead atoms. The van der Waals surface area contributed by atoms with Crippen molar-refractivity contribution in [1.29, 1.82) is 0 Å². The lowest BCUT2D eigenvalue weighted by Gasteiger charge is -2.18. The summed E-state index contributed by atoms with van der Waals surface area (Å²) in [5, 5.41) is 0. The van der Waals surface area contributed by atoms with Crippen molar-refractivity contribution in [1.82, 2.24) is 0 Å². The Morgan fingerprint density at radius 1 is 0.322 bits per heavy atom. The van der Waals surface area contributed by atoms with Crippen LogP contribution in [0.1, 0.15) is 291 Å². The summed E-state index contributed by atoms with van der Waals surface area (Å²) in [6.45, 7) is 11.3. The molecule has 0 saturated carbocycles. The van der Waals surface area contributed by atoms with E-state index in [1.807, 2.05) is 0 Å². The Morgan fingerprint density at radius 3 is 0.831 bits per heavy atom. The third-order valence-corrected chi connectivity index (χ3v) is 12.0. The van der Waals surface area contributed by atoms with Gasteiger partial charge >= 0.3 is 17.9 Å². The van der Waals surface area contributed by atoms with E-state index in [4.69, 9.17) is 14.2 Å². The van der Waals surface area contributed by atoms with E-state index in [0.29, 0.717) is 19.3 Å². The predicted octanol–water partition coefficient (Wildman–Crippen LogP) is 16.9. The van der Waals surface area contributed by atoms with E-state index >= 15 is 0 Å². The SMILES string of the molecule is CCCCCCCCCCCCCCCCCCCCCC(=O)O[C@@H](COC(=O)CCCCCCCCCCCCC(C)C)COC(=O)CCCCCCCCC(C)C. The lowest BCUT2D eigenvalue weighted by Crippen LogP contribution is -2.30. The van der Waals surface area contributed by atoms with Crippen molar-refractivity contribution in [3.05, 3.63) is 0 Å². The number of unbranched alkanes of at least 4 members (excludes halogenated alkanes) is 32. The molecule has 0 radical (unpaired) electrons. The maximum Gasteiger partial charge on any atom is 0.306 e. The van der Waals surface area contributed by atoms with Crippen LogP contribution in [-0.4, -0.2) is 37.2 Å². The Kier molecular flexibility index (Phi) is 44.7. The van der Waals surface area contributed by atoms with Crippen molar-refractivity contribution in [2.24, 2.45) is 11.8 Å². The van der Waals surface area contributed by atoms with Crippen LogP contribution in [0.2, 0.25) is 0 Å². The van der Waals surface area contributed by atoms with Gasteiger partial charge in [-0.15, -0.1) is 0 Å². The Hall–Kier alpha value is -1.59. The average molecular weight is 835 g/mol. The first kappa shape index (κ1) is 57.4. The lowest BCUT2D eigenvalue weighted by molar-refractivity contribution is -0.167. The van der Waals surface area contributed by atoms with Gasteiger partial charge in [0.25, 0.3) is 0 Å². The fourth-order valence-corrected chi connectivity index (χ4v) is 7.99. The number of esters is 3. The molecule has 0 aliphatic rings. The fraction of sp³-hybridized carbons (Fsp3) is 0.943. The Bertz CT molecular complexity index is 900. The molecule has 0 unspecified atom stereocenters. The molecule has 0 aromatic rings. The highest BCUT2D eigenvalue weighted by Gasteiger charge is 2.19. The molecule has 59 heavy (non-hydrogen) atoms. The second-order valence-corrected chi connectivity index (χ2v) is 19.1. The largest absolute Gasteiger partial charge is 0.462 e. The Balaban J connectivity index is 4.24. The zero-order valence-corrected chi connectivity index (χ0v) is 40.4. The molecule has 6 nitrogen and oxygen atoms in total. The maximum atomic E-state index is 12.8. The van der Waals surface area contributed by atoms with Gasteiger partial charge in [0.05, 0.1) is 0 Å². The van der Waals surface area contributed by atoms with Gasteiger partial charge < -0.3 is 14.2 Å². The van der Waals surface area contributed by atoms with Crippen molar-refractivity contribution in [2.45, 2.75) is 298 Å². The van der Waals surface area contributed by atoms with E-state index in [-0.39, 0.29) is 31.1 Å². The highest BCUT2D eigenvalue weighted by molar-refractivity contribution is 5.71. The normalized spacial score (nSPS) is 12.1. The number of carbonyl (C=O) groups is 3. The average Bonchev–Trinajstić information content (AvgIpc) is 3.20. The predicted molar refractivity (Wildman–Crippen MR) is 252 cm³/mol. The zero-order valence-electron chi connectivity index (χ0n) is 40.4. The summed E-state index contributed by atoms with van der Waals surface area (Å²) in [5.41, 5.74) is 0. The van der Waals surface area contributed by atoms with Crippen LogP contribution >= 0.6 is 0 Å². The summed E-state index contributed by atoms with van der Waals surface area (Å²) in [7, 11) is 0. The van der Waals surface area contributed by atoms with Crippen molar-refractivity contribution in [2.75, 3.05) is 13.2 Å². The first-order valence-electron chi connectivity index (χ1n) is 26.2. The summed E-state index contributed by atoms with van der Waals surface area (Å²) < 4.78 is 16.8. The summed E-state index contributed by atoms with van der Waals surface area (Å²) >= 11 is 0. The molecule has 0 aromatic heterocycles. The second-order valence-electron chi connectivity index (χ2n) is 19.1. The molecule has 6 heteroatoms. The summed E-state index contributed by atoms with van der Waals surface area (Å²) in [5.74, 6) is 0.728. The van der Waals surface area contributed by atoms with Crippen molar-refractivity contribution >= 4 is 17.9 Å². The topological polar surface area (TPSA) is 78.9 Å². The van der Waals surface area contributed by atoms with Gasteiger partial charge in [0, 0.05) is 19.3 Å². The number of carbonyl (C=O) groups excluding carboxylic acids is 3. The molecular weight excluding hydrogens is 733 g/mol. The first-order valence-corrected chi connectivity index (χ1v) is 26.2. The van der Waals surface area contributed by atoms with Crippen molar-refractivity contribution in [3.63, 3.8) is 0 Å². The molecule has 0 heterocycles. The molecule has 0 N–H and O–H groups in total. The van der Waals surface area contributed by atoms with Gasteiger partial charge in [-0.3, -0.25) is 14.4 Å². The Morgan fingerprint density at radius 2 is 0.559 bits per heavy atom. The van der Waals surface area contributed by atoms with Crippen molar-refractivity contribution in [3.8, 4) is 0 Å². The van der Waals surface area contributed by atoms with Crippen LogP contribution in [0, 0.1) is 11.8 Å². The molecule has 0 fully saturated rings. The minimum atomic E-state index is -0.762. The molecule has 0 aliphatic carbocycles. The highest BCUT2D eigenvalue weighted by Crippen LogP contribution is 2.17. The fourth-order valence-electron chi connectivity index (χ4n) is 7.99. The van der Waals surface area contributed by atoms with E-state index in [1.54, 1.807) is 0 Å². The minimum absolute atomic E-state index is 0.0649. The number of ether oxygens (including phenoxy) is 3. The molecule has 0 amide bonds. The number of hydrogen-bond acceptors (Lipinski definition) is 6. The van der Waals surface area contributed by atoms with Crippen molar-refractivity contribution < 1.29 is 28.6 Å². The van der Waals surface area contributed by atoms with Crippen LogP contribution in [0.4, 0.5) is 0 Å². The van der Waals surface area contributed by atoms with E-state index < -0.39 is 6.10 Å². The van der Waals surface area contributed by atoms with E-state index in [9.17, 15) is 14.4 Å².